The molecule has 0 unspecified atom stereocenters. The van der Waals surface area contributed by atoms with Crippen molar-refractivity contribution in [3.63, 3.8) is 0 Å². The molecule has 0 aromatic heterocycles. The van der Waals surface area contributed by atoms with Crippen LogP contribution in [0.3, 0.4) is 0 Å². The van der Waals surface area contributed by atoms with Gasteiger partial charge in [-0.3, -0.25) is 9.79 Å². The summed E-state index contributed by atoms with van der Waals surface area (Å²) in [5.41, 5.74) is 2.16. The highest BCUT2D eigenvalue weighted by atomic mass is 16.3. The van der Waals surface area contributed by atoms with Crippen molar-refractivity contribution in [1.82, 2.24) is 0 Å². The Kier molecular flexibility index (Phi) is 6.30. The number of ketones is 1. The minimum Gasteiger partial charge on any atom is -0.512 e. The number of para-hydroxylation sites is 1. The second-order valence-electron chi connectivity index (χ2n) is 5.22. The van der Waals surface area contributed by atoms with Crippen LogP contribution in [0.25, 0.3) is 0 Å². The fourth-order valence-corrected chi connectivity index (χ4v) is 2.19. The first kappa shape index (κ1) is 16.7. The summed E-state index contributed by atoms with van der Waals surface area (Å²) in [4.78, 5) is 16.7. The van der Waals surface area contributed by atoms with Crippen molar-refractivity contribution in [3.8, 4) is 0 Å². The van der Waals surface area contributed by atoms with E-state index >= 15 is 0 Å². The molecular weight excluding hydrogens is 286 g/mol. The average Bonchev–Trinajstić information content (AvgIpc) is 2.61. The van der Waals surface area contributed by atoms with E-state index in [1.165, 1.54) is 6.21 Å². The van der Waals surface area contributed by atoms with Crippen LogP contribution in [0.15, 0.2) is 77.0 Å². The van der Waals surface area contributed by atoms with Gasteiger partial charge >= 0.3 is 0 Å². The Morgan fingerprint density at radius 3 is 2.26 bits per heavy atom. The Morgan fingerprint density at radius 2 is 1.65 bits per heavy atom. The number of carbonyl (C=O) groups is 1. The fourth-order valence-electron chi connectivity index (χ4n) is 2.19. The Hall–Kier alpha value is -2.68. The summed E-state index contributed by atoms with van der Waals surface area (Å²) in [5, 5.41) is 10.0. The predicted molar refractivity (Wildman–Crippen MR) is 94.3 cm³/mol. The van der Waals surface area contributed by atoms with Crippen molar-refractivity contribution in [2.45, 2.75) is 26.2 Å². The monoisotopic (exact) mass is 307 g/mol. The number of hydrogen-bond donors (Lipinski definition) is 1. The highest BCUT2D eigenvalue weighted by molar-refractivity contribution is 6.14. The van der Waals surface area contributed by atoms with E-state index in [9.17, 15) is 9.90 Å². The number of allylic oxidation sites excluding steroid dienone is 2. The molecule has 118 valence electrons. The van der Waals surface area contributed by atoms with E-state index in [1.54, 1.807) is 0 Å². The molecule has 0 aliphatic heterocycles. The van der Waals surface area contributed by atoms with Crippen LogP contribution < -0.4 is 0 Å². The number of aliphatic hydroxyl groups is 1. The molecule has 1 N–H and O–H groups in total. The standard InChI is InChI=1S/C20H21NO2/c1-2-19(22)18(15-21-17-11-7-4-8-12-17)20(23)14-13-16-9-5-3-6-10-16/h3-12,15,22H,2,13-14H2,1H3. The van der Waals surface area contributed by atoms with Crippen LogP contribution in [-0.4, -0.2) is 17.1 Å². The molecule has 3 heteroatoms. The summed E-state index contributed by atoms with van der Waals surface area (Å²) in [7, 11) is 0. The van der Waals surface area contributed by atoms with Crippen molar-refractivity contribution < 1.29 is 9.90 Å². The third kappa shape index (κ3) is 5.22. The Labute approximate surface area is 137 Å². The first-order valence-corrected chi connectivity index (χ1v) is 7.79. The van der Waals surface area contributed by atoms with Gasteiger partial charge in [-0.2, -0.15) is 0 Å². The van der Waals surface area contributed by atoms with Gasteiger partial charge in [0, 0.05) is 19.1 Å². The molecule has 0 heterocycles. The van der Waals surface area contributed by atoms with Crippen LogP contribution in [0.4, 0.5) is 5.69 Å². The van der Waals surface area contributed by atoms with Gasteiger partial charge in [0.15, 0.2) is 5.78 Å². The van der Waals surface area contributed by atoms with E-state index in [4.69, 9.17) is 0 Å². The molecule has 0 bridgehead atoms. The van der Waals surface area contributed by atoms with Crippen molar-refractivity contribution in [2.75, 3.05) is 0 Å². The zero-order chi connectivity index (χ0) is 16.5. The third-order valence-electron chi connectivity index (χ3n) is 3.53. The van der Waals surface area contributed by atoms with Crippen LogP contribution >= 0.6 is 0 Å². The summed E-state index contributed by atoms with van der Waals surface area (Å²) in [5.74, 6) is -0.00405. The number of carbonyl (C=O) groups excluding carboxylic acids is 1. The largest absolute Gasteiger partial charge is 0.512 e. The highest BCUT2D eigenvalue weighted by Gasteiger charge is 2.12. The van der Waals surface area contributed by atoms with Crippen molar-refractivity contribution in [3.05, 3.63) is 77.6 Å². The van der Waals surface area contributed by atoms with Gasteiger partial charge in [0.2, 0.25) is 0 Å². The summed E-state index contributed by atoms with van der Waals surface area (Å²) in [6, 6.07) is 19.2. The molecule has 0 amide bonds. The lowest BCUT2D eigenvalue weighted by Crippen LogP contribution is -2.08. The molecule has 0 radical (unpaired) electrons. The quantitative estimate of drug-likeness (QED) is 0.453. The predicted octanol–water partition coefficient (Wildman–Crippen LogP) is 4.81. The van der Waals surface area contributed by atoms with Crippen molar-refractivity contribution in [2.24, 2.45) is 4.99 Å². The van der Waals surface area contributed by atoms with Crippen molar-refractivity contribution in [1.29, 1.82) is 0 Å². The number of rotatable bonds is 7. The molecule has 0 saturated carbocycles. The number of benzene rings is 2. The van der Waals surface area contributed by atoms with Crippen LogP contribution in [0.5, 0.6) is 0 Å². The number of aliphatic hydroxyl groups excluding tert-OH is 1. The minimum atomic E-state index is -0.0899. The maximum Gasteiger partial charge on any atom is 0.168 e. The van der Waals surface area contributed by atoms with E-state index in [0.29, 0.717) is 24.8 Å². The molecule has 3 nitrogen and oxygen atoms in total. The Morgan fingerprint density at radius 1 is 1.04 bits per heavy atom. The molecule has 0 fully saturated rings. The van der Waals surface area contributed by atoms with Crippen LogP contribution in [0.1, 0.15) is 25.3 Å². The van der Waals surface area contributed by atoms with E-state index in [2.05, 4.69) is 4.99 Å². The molecule has 0 saturated heterocycles. The molecule has 0 aliphatic carbocycles. The minimum absolute atomic E-state index is 0.0859. The first-order chi connectivity index (χ1) is 11.2. The normalized spacial score (nSPS) is 12.2. The summed E-state index contributed by atoms with van der Waals surface area (Å²) in [6.07, 6.45) is 2.89. The van der Waals surface area contributed by atoms with Gasteiger partial charge in [-0.15, -0.1) is 0 Å². The molecule has 0 aliphatic rings. The van der Waals surface area contributed by atoms with Crippen LogP contribution in [0, 0.1) is 0 Å². The van der Waals surface area contributed by atoms with E-state index in [0.717, 1.165) is 11.3 Å². The second kappa shape index (κ2) is 8.69. The average molecular weight is 307 g/mol. The lowest BCUT2D eigenvalue weighted by atomic mass is 10.0. The van der Waals surface area contributed by atoms with Gasteiger partial charge in [-0.1, -0.05) is 55.5 Å². The SMILES string of the molecule is CCC(O)=C(C=Nc1ccccc1)C(=O)CCc1ccccc1. The number of hydrogen-bond acceptors (Lipinski definition) is 3. The highest BCUT2D eigenvalue weighted by Crippen LogP contribution is 2.14. The molecule has 23 heavy (non-hydrogen) atoms. The maximum absolute atomic E-state index is 12.4. The molecular formula is C20H21NO2. The summed E-state index contributed by atoms with van der Waals surface area (Å²) in [6.45, 7) is 1.82. The Balaban J connectivity index is 2.09. The van der Waals surface area contributed by atoms with Gasteiger partial charge < -0.3 is 5.11 Å². The zero-order valence-corrected chi connectivity index (χ0v) is 13.3. The lowest BCUT2D eigenvalue weighted by molar-refractivity contribution is -0.115. The van der Waals surface area contributed by atoms with Gasteiger partial charge in [0.25, 0.3) is 0 Å². The Bertz CT molecular complexity index is 688. The van der Waals surface area contributed by atoms with Gasteiger partial charge in [0.05, 0.1) is 11.3 Å². The van der Waals surface area contributed by atoms with E-state index < -0.39 is 0 Å². The second-order valence-corrected chi connectivity index (χ2v) is 5.22. The molecule has 0 spiro atoms. The van der Waals surface area contributed by atoms with Crippen molar-refractivity contribution >= 4 is 17.7 Å². The number of Topliss-reactive ketones (excluding diaryl/α,β-unsaturated/α-hetero) is 1. The zero-order valence-electron chi connectivity index (χ0n) is 13.3. The number of nitrogens with zero attached hydrogens (tertiary/aromatic N) is 1. The van der Waals surface area contributed by atoms with Crippen LogP contribution in [0.2, 0.25) is 0 Å². The molecule has 2 rings (SSSR count). The summed E-state index contributed by atoms with van der Waals surface area (Å²) < 4.78 is 0. The van der Waals surface area contributed by atoms with E-state index in [-0.39, 0.29) is 11.5 Å². The lowest BCUT2D eigenvalue weighted by Gasteiger charge is -2.05. The third-order valence-corrected chi connectivity index (χ3v) is 3.53. The first-order valence-electron chi connectivity index (χ1n) is 7.79. The number of aliphatic imine (C=N–C) groups is 1. The maximum atomic E-state index is 12.4. The molecule has 2 aromatic carbocycles. The van der Waals surface area contributed by atoms with Gasteiger partial charge in [-0.05, 0) is 24.1 Å². The molecule has 2 aromatic rings. The fraction of sp³-hybridized carbons (Fsp3) is 0.200. The number of aryl methyl sites for hydroxylation is 1. The van der Waals surface area contributed by atoms with E-state index in [1.807, 2.05) is 67.6 Å². The van der Waals surface area contributed by atoms with Gasteiger partial charge in [-0.25, -0.2) is 0 Å². The van der Waals surface area contributed by atoms with Gasteiger partial charge in [0.1, 0.15) is 5.76 Å². The smallest absolute Gasteiger partial charge is 0.168 e. The topological polar surface area (TPSA) is 49.7 Å². The molecule has 0 atom stereocenters. The van der Waals surface area contributed by atoms with Crippen LogP contribution in [-0.2, 0) is 11.2 Å². The summed E-state index contributed by atoms with van der Waals surface area (Å²) >= 11 is 0.